The molecule has 0 saturated heterocycles. The second kappa shape index (κ2) is 16.7. The van der Waals surface area contributed by atoms with Crippen LogP contribution in [0, 0.1) is 0 Å². The monoisotopic (exact) mass is 892 g/mol. The van der Waals surface area contributed by atoms with Crippen LogP contribution in [0.1, 0.15) is 68.1 Å². The molecular formula is C65H52N2S. The molecule has 1 aliphatic heterocycles. The van der Waals surface area contributed by atoms with Crippen molar-refractivity contribution in [2.45, 2.75) is 56.9 Å². The Morgan fingerprint density at radius 1 is 0.485 bits per heavy atom. The van der Waals surface area contributed by atoms with E-state index in [-0.39, 0.29) is 5.54 Å². The molecule has 2 heterocycles. The lowest BCUT2D eigenvalue weighted by Crippen LogP contribution is -2.41. The lowest BCUT2D eigenvalue weighted by molar-refractivity contribution is 0.445. The summed E-state index contributed by atoms with van der Waals surface area (Å²) in [6.07, 6.45) is 12.2. The van der Waals surface area contributed by atoms with Crippen LogP contribution in [0.25, 0.3) is 64.3 Å². The van der Waals surface area contributed by atoms with Gasteiger partial charge >= 0.3 is 0 Å². The highest BCUT2D eigenvalue weighted by atomic mass is 32.1. The fourth-order valence-corrected chi connectivity index (χ4v) is 13.4. The zero-order valence-electron chi connectivity index (χ0n) is 38.4. The number of fused-ring (bicyclic) bond motifs is 7. The molecule has 1 unspecified atom stereocenters. The van der Waals surface area contributed by atoms with Gasteiger partial charge in [-0.3, -0.25) is 0 Å². The Balaban J connectivity index is 1.10. The molecule has 68 heavy (non-hydrogen) atoms. The van der Waals surface area contributed by atoms with Crippen LogP contribution in [0.5, 0.6) is 0 Å². The highest BCUT2D eigenvalue weighted by Crippen LogP contribution is 2.58. The van der Waals surface area contributed by atoms with Gasteiger partial charge in [0.2, 0.25) is 0 Å². The molecule has 9 aromatic carbocycles. The maximum absolute atomic E-state index is 2.61. The molecule has 328 valence electrons. The van der Waals surface area contributed by atoms with Gasteiger partial charge in [-0.25, -0.2) is 0 Å². The van der Waals surface area contributed by atoms with Crippen LogP contribution in [0.2, 0.25) is 0 Å². The average Bonchev–Trinajstić information content (AvgIpc) is 3.92. The fourth-order valence-electron chi connectivity index (χ4n) is 12.3. The Morgan fingerprint density at radius 2 is 1.04 bits per heavy atom. The SMILES string of the molecule is CC12CC=CC(c3ccccc3N(c3ccccc3-c3cccc4cccc(C5CCCCC5)c34)c3ccccc3-c3cccc4sc5ccccc5c34)=C1c1ccccc1N2c1ccccc1. The molecule has 0 bridgehead atoms. The van der Waals surface area contributed by atoms with Gasteiger partial charge in [0.1, 0.15) is 0 Å². The molecule has 2 nitrogen and oxygen atoms in total. The summed E-state index contributed by atoms with van der Waals surface area (Å²) in [4.78, 5) is 5.20. The van der Waals surface area contributed by atoms with E-state index < -0.39 is 0 Å². The fraction of sp³-hybridized carbons (Fsp3) is 0.138. The van der Waals surface area contributed by atoms with Gasteiger partial charge in [-0.1, -0.05) is 189 Å². The highest BCUT2D eigenvalue weighted by Gasteiger charge is 2.47. The molecular weight excluding hydrogens is 841 g/mol. The minimum atomic E-state index is -0.309. The van der Waals surface area contributed by atoms with Crippen molar-refractivity contribution in [3.05, 3.63) is 235 Å². The highest BCUT2D eigenvalue weighted by molar-refractivity contribution is 7.25. The predicted molar refractivity (Wildman–Crippen MR) is 292 cm³/mol. The second-order valence-corrected chi connectivity index (χ2v) is 20.2. The molecule has 1 atom stereocenters. The Morgan fingerprint density at radius 3 is 1.79 bits per heavy atom. The van der Waals surface area contributed by atoms with Gasteiger partial charge in [0.25, 0.3) is 0 Å². The van der Waals surface area contributed by atoms with Crippen molar-refractivity contribution >= 4 is 81.9 Å². The average molecular weight is 893 g/mol. The normalized spacial score (nSPS) is 17.0. The third kappa shape index (κ3) is 6.51. The second-order valence-electron chi connectivity index (χ2n) is 19.1. The van der Waals surface area contributed by atoms with E-state index in [4.69, 9.17) is 0 Å². The summed E-state index contributed by atoms with van der Waals surface area (Å²) in [5.74, 6) is 0.560. The number of thiophene rings is 1. The van der Waals surface area contributed by atoms with Gasteiger partial charge in [-0.05, 0) is 119 Å². The quantitative estimate of drug-likeness (QED) is 0.150. The topological polar surface area (TPSA) is 6.48 Å². The zero-order chi connectivity index (χ0) is 45.2. The van der Waals surface area contributed by atoms with Crippen LogP contribution < -0.4 is 9.80 Å². The van der Waals surface area contributed by atoms with Crippen LogP contribution >= 0.6 is 11.3 Å². The smallest absolute Gasteiger partial charge is 0.0721 e. The van der Waals surface area contributed by atoms with Crippen molar-refractivity contribution in [3.8, 4) is 22.3 Å². The minimum absolute atomic E-state index is 0.309. The number of benzene rings is 9. The van der Waals surface area contributed by atoms with Crippen molar-refractivity contribution in [3.63, 3.8) is 0 Å². The molecule has 0 N–H and O–H groups in total. The molecule has 10 aromatic rings. The molecule has 1 saturated carbocycles. The Kier molecular flexibility index (Phi) is 10.0. The van der Waals surface area contributed by atoms with Crippen molar-refractivity contribution in [1.29, 1.82) is 0 Å². The van der Waals surface area contributed by atoms with E-state index in [0.717, 1.165) is 23.5 Å². The first-order valence-corrected chi connectivity index (χ1v) is 25.3. The third-order valence-corrected chi connectivity index (χ3v) is 16.4. The van der Waals surface area contributed by atoms with Crippen molar-refractivity contribution < 1.29 is 0 Å². The largest absolute Gasteiger partial charge is 0.331 e. The first-order chi connectivity index (χ1) is 33.7. The molecule has 2 aliphatic carbocycles. The van der Waals surface area contributed by atoms with E-state index in [1.54, 1.807) is 0 Å². The van der Waals surface area contributed by atoms with E-state index >= 15 is 0 Å². The maximum atomic E-state index is 2.61. The molecule has 0 spiro atoms. The van der Waals surface area contributed by atoms with E-state index in [0.29, 0.717) is 5.92 Å². The molecule has 13 rings (SSSR count). The van der Waals surface area contributed by atoms with Crippen LogP contribution in [-0.4, -0.2) is 5.54 Å². The van der Waals surface area contributed by atoms with Gasteiger partial charge in [0.15, 0.2) is 0 Å². The van der Waals surface area contributed by atoms with Gasteiger partial charge < -0.3 is 9.80 Å². The number of allylic oxidation sites excluding steroid dienone is 2. The summed E-state index contributed by atoms with van der Waals surface area (Å²) in [6.45, 7) is 2.44. The molecule has 1 fully saturated rings. The number of nitrogens with zero attached hydrogens (tertiary/aromatic N) is 2. The van der Waals surface area contributed by atoms with Gasteiger partial charge in [-0.15, -0.1) is 11.3 Å². The van der Waals surface area contributed by atoms with Gasteiger partial charge in [0.05, 0.1) is 22.6 Å². The molecule has 3 heteroatoms. The van der Waals surface area contributed by atoms with Gasteiger partial charge in [-0.2, -0.15) is 0 Å². The maximum Gasteiger partial charge on any atom is 0.0721 e. The summed E-state index contributed by atoms with van der Waals surface area (Å²) < 4.78 is 2.62. The van der Waals surface area contributed by atoms with Gasteiger partial charge in [0, 0.05) is 53.8 Å². The number of hydrogen-bond donors (Lipinski definition) is 0. The summed E-state index contributed by atoms with van der Waals surface area (Å²) in [5.41, 5.74) is 17.2. The van der Waals surface area contributed by atoms with Crippen molar-refractivity contribution in [2.24, 2.45) is 0 Å². The van der Waals surface area contributed by atoms with E-state index in [1.807, 2.05) is 11.3 Å². The van der Waals surface area contributed by atoms with Crippen molar-refractivity contribution in [2.75, 3.05) is 9.80 Å². The summed E-state index contributed by atoms with van der Waals surface area (Å²) in [7, 11) is 0. The van der Waals surface area contributed by atoms with Crippen LogP contribution in [0.4, 0.5) is 28.4 Å². The van der Waals surface area contributed by atoms with E-state index in [1.165, 1.54) is 125 Å². The first kappa shape index (κ1) is 40.8. The lowest BCUT2D eigenvalue weighted by atomic mass is 9.77. The number of anilines is 5. The first-order valence-electron chi connectivity index (χ1n) is 24.5. The zero-order valence-corrected chi connectivity index (χ0v) is 39.2. The Labute approximate surface area is 403 Å². The standard InChI is InChI=1S/C65H52N2S/c1-65-43-21-36-53(64(65)54-31-11-16-40-59(54)67(65)46-26-6-3-7-27-46)50-30-10-15-39-58(50)66(57-38-14-9-29-49(57)52-35-20-42-61-63(52)55-32-12-17-41-60(55)68-61)56-37-13-8-28-48(56)51-34-19-25-45-24-18-33-47(62(45)51)44-22-4-2-5-23-44/h3,6-21,24-42,44H,2,4-5,22-23,43H2,1H3. The van der Waals surface area contributed by atoms with E-state index in [2.05, 4.69) is 235 Å². The molecule has 3 aliphatic rings. The molecule has 0 amide bonds. The summed E-state index contributed by atoms with van der Waals surface area (Å²) in [5, 5.41) is 5.32. The predicted octanol–water partition coefficient (Wildman–Crippen LogP) is 18.8. The lowest BCUT2D eigenvalue weighted by Gasteiger charge is -2.40. The van der Waals surface area contributed by atoms with Crippen molar-refractivity contribution in [1.82, 2.24) is 0 Å². The number of para-hydroxylation sites is 5. The van der Waals surface area contributed by atoms with Crippen LogP contribution in [0.15, 0.2) is 218 Å². The minimum Gasteiger partial charge on any atom is -0.331 e. The third-order valence-electron chi connectivity index (χ3n) is 15.2. The summed E-state index contributed by atoms with van der Waals surface area (Å²) in [6, 6.07) is 77.4. The van der Waals surface area contributed by atoms with Crippen LogP contribution in [0.3, 0.4) is 0 Å². The molecule has 0 radical (unpaired) electrons. The van der Waals surface area contributed by atoms with E-state index in [9.17, 15) is 0 Å². The Bertz CT molecular complexity index is 3620. The number of rotatable bonds is 8. The molecule has 1 aromatic heterocycles. The Hall–Kier alpha value is -7.46. The van der Waals surface area contributed by atoms with Crippen LogP contribution in [-0.2, 0) is 0 Å². The summed E-state index contributed by atoms with van der Waals surface area (Å²) >= 11 is 1.88. The number of hydrogen-bond acceptors (Lipinski definition) is 3.